The van der Waals surface area contributed by atoms with E-state index in [1.807, 2.05) is 0 Å². The van der Waals surface area contributed by atoms with Crippen molar-refractivity contribution in [3.63, 3.8) is 0 Å². The Bertz CT molecular complexity index is 821. The van der Waals surface area contributed by atoms with Gasteiger partial charge in [0.15, 0.2) is 0 Å². The van der Waals surface area contributed by atoms with Crippen molar-refractivity contribution in [2.45, 2.75) is 30.6 Å². The molecule has 2 unspecified atom stereocenters. The third kappa shape index (κ3) is 8.41. The topological polar surface area (TPSA) is 178 Å². The number of carbonyl (C=O) groups is 3. The van der Waals surface area contributed by atoms with Crippen LogP contribution in [0.3, 0.4) is 0 Å². The predicted molar refractivity (Wildman–Crippen MR) is 106 cm³/mol. The Kier molecular flexibility index (Phi) is 9.88. The van der Waals surface area contributed by atoms with E-state index in [1.54, 1.807) is 0 Å². The predicted octanol–water partition coefficient (Wildman–Crippen LogP) is -0.195. The van der Waals surface area contributed by atoms with Crippen molar-refractivity contribution in [2.24, 2.45) is 0 Å². The summed E-state index contributed by atoms with van der Waals surface area (Å²) in [5, 5.41) is -1.27. The number of carbonyl (C=O) groups excluding carboxylic acids is 3. The van der Waals surface area contributed by atoms with Crippen molar-refractivity contribution < 1.29 is 49.8 Å². The van der Waals surface area contributed by atoms with Crippen LogP contribution in [0.4, 0.5) is 0 Å². The van der Waals surface area contributed by atoms with Gasteiger partial charge in [-0.2, -0.15) is 28.6 Å². The summed E-state index contributed by atoms with van der Waals surface area (Å²) < 4.78 is 70.7. The maximum Gasteiger partial charge on any atom is 0.377 e. The highest BCUT2D eigenvalue weighted by molar-refractivity contribution is 8.01. The molecule has 0 spiro atoms. The second-order valence-corrected chi connectivity index (χ2v) is 11.4. The number of Topliss-reactive ketones (excluding diaryl/α,β-unsaturated/α-hetero) is 1. The first kappa shape index (κ1) is 26.2. The van der Waals surface area contributed by atoms with Crippen molar-refractivity contribution in [3.8, 4) is 0 Å². The minimum atomic E-state index is -4.19. The monoisotopic (exact) mass is 494 g/mol. The molecule has 168 valence electrons. The van der Waals surface area contributed by atoms with E-state index in [0.29, 0.717) is 0 Å². The smallest absolute Gasteiger partial charge is 0.377 e. The molecule has 1 aliphatic heterocycles. The molecular formula is C14H22O11S4. The molecule has 1 heterocycles. The quantitative estimate of drug-likeness (QED) is 0.149. The standard InChI is InChI=1S/C14H22O11S4/c1-2-24-13(17)14(9-26-5-3-7-28(18,19)20)11(10(15)12(16)25-14)27-6-4-8-29(21,22)23/h11H,2-9H2,1H3,(H,18,19,20)(H,21,22,23). The lowest BCUT2D eigenvalue weighted by molar-refractivity contribution is -0.171. The highest BCUT2D eigenvalue weighted by Crippen LogP contribution is 2.38. The minimum absolute atomic E-state index is 0.0259. The Morgan fingerprint density at radius 2 is 1.66 bits per heavy atom. The van der Waals surface area contributed by atoms with Crippen LogP contribution in [-0.2, 0) is 44.1 Å². The zero-order valence-electron chi connectivity index (χ0n) is 15.4. The van der Waals surface area contributed by atoms with Crippen LogP contribution in [0.2, 0.25) is 0 Å². The molecule has 0 amide bonds. The van der Waals surface area contributed by atoms with Crippen LogP contribution >= 0.6 is 23.5 Å². The third-order valence-corrected chi connectivity index (χ3v) is 7.87. The molecule has 1 aliphatic rings. The molecule has 0 bridgehead atoms. The molecule has 11 nitrogen and oxygen atoms in total. The van der Waals surface area contributed by atoms with E-state index in [9.17, 15) is 31.2 Å². The molecule has 0 aromatic rings. The molecule has 0 saturated carbocycles. The largest absolute Gasteiger partial charge is 0.463 e. The van der Waals surface area contributed by atoms with E-state index in [0.717, 1.165) is 23.5 Å². The summed E-state index contributed by atoms with van der Waals surface area (Å²) in [4.78, 5) is 36.7. The summed E-state index contributed by atoms with van der Waals surface area (Å²) in [7, 11) is -8.33. The molecule has 0 aromatic heterocycles. The molecule has 1 rings (SSSR count). The van der Waals surface area contributed by atoms with Gasteiger partial charge in [0, 0.05) is 5.75 Å². The van der Waals surface area contributed by atoms with Gasteiger partial charge >= 0.3 is 11.9 Å². The molecular weight excluding hydrogens is 472 g/mol. The van der Waals surface area contributed by atoms with E-state index in [2.05, 4.69) is 0 Å². The first-order chi connectivity index (χ1) is 13.3. The molecule has 15 heteroatoms. The maximum absolute atomic E-state index is 12.5. The zero-order valence-corrected chi connectivity index (χ0v) is 18.7. The number of hydrogen-bond acceptors (Lipinski definition) is 11. The van der Waals surface area contributed by atoms with E-state index in [4.69, 9.17) is 18.6 Å². The van der Waals surface area contributed by atoms with Crippen molar-refractivity contribution in [1.82, 2.24) is 0 Å². The lowest BCUT2D eigenvalue weighted by atomic mass is 10.0. The van der Waals surface area contributed by atoms with Gasteiger partial charge < -0.3 is 9.47 Å². The van der Waals surface area contributed by atoms with Gasteiger partial charge in [0.2, 0.25) is 5.60 Å². The lowest BCUT2D eigenvalue weighted by Crippen LogP contribution is -2.51. The molecule has 2 atom stereocenters. The number of cyclic esters (lactones) is 1. The number of ether oxygens (including phenoxy) is 2. The second kappa shape index (κ2) is 10.9. The van der Waals surface area contributed by atoms with Gasteiger partial charge in [0.25, 0.3) is 26.0 Å². The first-order valence-electron chi connectivity index (χ1n) is 8.36. The van der Waals surface area contributed by atoms with Crippen LogP contribution in [0.15, 0.2) is 0 Å². The summed E-state index contributed by atoms with van der Waals surface area (Å²) >= 11 is 1.89. The Morgan fingerprint density at radius 1 is 1.10 bits per heavy atom. The SMILES string of the molecule is CCOC(=O)C1(CSCCCS(=O)(=O)O)OC(=O)C(=O)C1SCCCS(=O)(=O)O. The Balaban J connectivity index is 2.89. The summed E-state index contributed by atoms with van der Waals surface area (Å²) in [5.74, 6) is -4.11. The summed E-state index contributed by atoms with van der Waals surface area (Å²) in [5.41, 5.74) is -1.93. The molecule has 0 radical (unpaired) electrons. The fraction of sp³-hybridized carbons (Fsp3) is 0.786. The number of thioether (sulfide) groups is 2. The molecule has 1 fully saturated rings. The highest BCUT2D eigenvalue weighted by Gasteiger charge is 2.61. The van der Waals surface area contributed by atoms with E-state index in [1.165, 1.54) is 6.92 Å². The maximum atomic E-state index is 12.5. The Labute approximate surface area is 177 Å². The number of esters is 2. The third-order valence-electron chi connectivity index (χ3n) is 3.60. The van der Waals surface area contributed by atoms with Gasteiger partial charge in [-0.15, -0.1) is 11.8 Å². The van der Waals surface area contributed by atoms with E-state index >= 15 is 0 Å². The van der Waals surface area contributed by atoms with E-state index < -0.39 is 60.3 Å². The van der Waals surface area contributed by atoms with Crippen LogP contribution in [-0.4, -0.2) is 89.9 Å². The van der Waals surface area contributed by atoms with Crippen molar-refractivity contribution in [1.29, 1.82) is 0 Å². The van der Waals surface area contributed by atoms with Crippen LogP contribution in [0.5, 0.6) is 0 Å². The van der Waals surface area contributed by atoms with Crippen molar-refractivity contribution in [2.75, 3.05) is 35.4 Å². The Hall–Kier alpha value is -0.870. The number of ketones is 1. The van der Waals surface area contributed by atoms with Crippen molar-refractivity contribution >= 4 is 61.5 Å². The average Bonchev–Trinajstić information content (AvgIpc) is 2.81. The molecule has 29 heavy (non-hydrogen) atoms. The fourth-order valence-corrected chi connectivity index (χ4v) is 6.29. The number of rotatable bonds is 13. The van der Waals surface area contributed by atoms with Gasteiger partial charge in [0.05, 0.1) is 18.1 Å². The second-order valence-electron chi connectivity index (χ2n) is 5.95. The fourth-order valence-electron chi connectivity index (χ4n) is 2.37. The molecule has 1 saturated heterocycles. The molecule has 0 aliphatic carbocycles. The summed E-state index contributed by atoms with van der Waals surface area (Å²) in [6.07, 6.45) is 0.0400. The van der Waals surface area contributed by atoms with Gasteiger partial charge in [-0.25, -0.2) is 9.59 Å². The zero-order chi connectivity index (χ0) is 22.3. The van der Waals surface area contributed by atoms with E-state index in [-0.39, 0.29) is 36.7 Å². The highest BCUT2D eigenvalue weighted by atomic mass is 32.2. The average molecular weight is 495 g/mol. The van der Waals surface area contributed by atoms with Gasteiger partial charge in [-0.1, -0.05) is 0 Å². The Morgan fingerprint density at radius 3 is 2.17 bits per heavy atom. The van der Waals surface area contributed by atoms with Crippen molar-refractivity contribution in [3.05, 3.63) is 0 Å². The van der Waals surface area contributed by atoms with Crippen LogP contribution in [0, 0.1) is 0 Å². The van der Waals surface area contributed by atoms with Crippen LogP contribution in [0.25, 0.3) is 0 Å². The first-order valence-corrected chi connectivity index (χ1v) is 13.8. The summed E-state index contributed by atoms with van der Waals surface area (Å²) in [6, 6.07) is 0. The van der Waals surface area contributed by atoms with Gasteiger partial charge in [-0.05, 0) is 31.3 Å². The lowest BCUT2D eigenvalue weighted by Gasteiger charge is -2.29. The normalized spacial score (nSPS) is 22.5. The number of hydrogen-bond donors (Lipinski definition) is 2. The van der Waals surface area contributed by atoms with Gasteiger partial charge in [-0.3, -0.25) is 13.9 Å². The van der Waals surface area contributed by atoms with Crippen LogP contribution in [0.1, 0.15) is 19.8 Å². The molecule has 0 aromatic carbocycles. The minimum Gasteiger partial charge on any atom is -0.463 e. The molecule has 2 N–H and O–H groups in total. The van der Waals surface area contributed by atoms with Gasteiger partial charge in [0.1, 0.15) is 5.25 Å². The summed E-state index contributed by atoms with van der Waals surface area (Å²) in [6.45, 7) is 1.48. The van der Waals surface area contributed by atoms with Crippen LogP contribution < -0.4 is 0 Å².